The molecular formula is C19H15NO3. The van der Waals surface area contributed by atoms with Gasteiger partial charge in [0.1, 0.15) is 5.58 Å². The maximum atomic E-state index is 12.2. The summed E-state index contributed by atoms with van der Waals surface area (Å²) < 4.78 is 7.93. The molecule has 3 aromatic rings. The molecule has 0 unspecified atom stereocenters. The number of rotatable bonds is 2. The van der Waals surface area contributed by atoms with Gasteiger partial charge in [0, 0.05) is 29.8 Å². The van der Waals surface area contributed by atoms with Crippen LogP contribution in [-0.4, -0.2) is 10.4 Å². The molecule has 1 aliphatic rings. The zero-order valence-electron chi connectivity index (χ0n) is 12.8. The summed E-state index contributed by atoms with van der Waals surface area (Å²) in [6, 6.07) is 7.62. The summed E-state index contributed by atoms with van der Waals surface area (Å²) in [5, 5.41) is 1.09. The van der Waals surface area contributed by atoms with Gasteiger partial charge in [-0.2, -0.15) is 0 Å². The lowest BCUT2D eigenvalue weighted by Crippen LogP contribution is -2.20. The average Bonchev–Trinajstić information content (AvgIpc) is 2.91. The highest BCUT2D eigenvalue weighted by Gasteiger charge is 2.24. The van der Waals surface area contributed by atoms with Gasteiger partial charge < -0.3 is 8.98 Å². The highest BCUT2D eigenvalue weighted by molar-refractivity contribution is 6.04. The number of pyridine rings is 1. The Morgan fingerprint density at radius 3 is 2.96 bits per heavy atom. The molecule has 0 bridgehead atoms. The molecule has 4 rings (SSSR count). The predicted octanol–water partition coefficient (Wildman–Crippen LogP) is 3.49. The van der Waals surface area contributed by atoms with Crippen LogP contribution in [0.2, 0.25) is 0 Å². The van der Waals surface area contributed by atoms with Crippen LogP contribution in [0.5, 0.6) is 0 Å². The summed E-state index contributed by atoms with van der Waals surface area (Å²) >= 11 is 0. The van der Waals surface area contributed by atoms with Crippen molar-refractivity contribution in [3.8, 4) is 11.5 Å². The van der Waals surface area contributed by atoms with Crippen LogP contribution in [-0.2, 0) is 13.0 Å². The van der Waals surface area contributed by atoms with E-state index in [0.29, 0.717) is 6.54 Å². The van der Waals surface area contributed by atoms with Crippen LogP contribution >= 0.6 is 0 Å². The maximum absolute atomic E-state index is 12.2. The number of carbonyl (C=O) groups excluding carboxylic acids is 1. The molecule has 0 atom stereocenters. The molecule has 23 heavy (non-hydrogen) atoms. The number of aromatic nitrogens is 1. The fourth-order valence-electron chi connectivity index (χ4n) is 3.19. The third kappa shape index (κ3) is 1.99. The molecule has 1 aromatic carbocycles. The SMILES string of the molecule is C=CC(=O)c1cn2c(cc1=O)-c1oc3cc(C)ccc3c1CC2. The highest BCUT2D eigenvalue weighted by Crippen LogP contribution is 2.37. The van der Waals surface area contributed by atoms with E-state index in [1.54, 1.807) is 6.20 Å². The third-order valence-electron chi connectivity index (χ3n) is 4.36. The van der Waals surface area contributed by atoms with Gasteiger partial charge in [0.05, 0.1) is 11.3 Å². The average molecular weight is 305 g/mol. The second-order valence-electron chi connectivity index (χ2n) is 5.86. The molecule has 0 saturated heterocycles. The Bertz CT molecular complexity index is 1040. The van der Waals surface area contributed by atoms with Gasteiger partial charge in [0.15, 0.2) is 17.0 Å². The summed E-state index contributed by atoms with van der Waals surface area (Å²) in [7, 11) is 0. The van der Waals surface area contributed by atoms with Gasteiger partial charge in [-0.1, -0.05) is 18.7 Å². The van der Waals surface area contributed by atoms with E-state index in [9.17, 15) is 9.59 Å². The van der Waals surface area contributed by atoms with Crippen molar-refractivity contribution in [3.05, 3.63) is 70.0 Å². The lowest BCUT2D eigenvalue weighted by Gasteiger charge is -2.18. The molecule has 0 amide bonds. The van der Waals surface area contributed by atoms with E-state index in [1.165, 1.54) is 12.1 Å². The highest BCUT2D eigenvalue weighted by atomic mass is 16.3. The summed E-state index contributed by atoms with van der Waals surface area (Å²) in [5.41, 5.74) is 3.67. The Hall–Kier alpha value is -2.88. The van der Waals surface area contributed by atoms with E-state index in [2.05, 4.69) is 18.7 Å². The van der Waals surface area contributed by atoms with Crippen molar-refractivity contribution in [2.24, 2.45) is 0 Å². The second kappa shape index (κ2) is 4.81. The first kappa shape index (κ1) is 13.8. The van der Waals surface area contributed by atoms with E-state index in [1.807, 2.05) is 17.6 Å². The molecule has 4 heteroatoms. The molecule has 3 heterocycles. The molecule has 1 aliphatic heterocycles. The predicted molar refractivity (Wildman–Crippen MR) is 88.9 cm³/mol. The van der Waals surface area contributed by atoms with E-state index in [4.69, 9.17) is 4.42 Å². The van der Waals surface area contributed by atoms with Crippen molar-refractivity contribution in [2.75, 3.05) is 0 Å². The van der Waals surface area contributed by atoms with Gasteiger partial charge in [-0.15, -0.1) is 0 Å². The minimum atomic E-state index is -0.351. The number of nitrogens with zero attached hydrogens (tertiary/aromatic N) is 1. The van der Waals surface area contributed by atoms with E-state index >= 15 is 0 Å². The number of benzene rings is 1. The Labute approximate surface area is 132 Å². The largest absolute Gasteiger partial charge is 0.454 e. The molecule has 0 spiro atoms. The fraction of sp³-hybridized carbons (Fsp3) is 0.158. The summed E-state index contributed by atoms with van der Waals surface area (Å²) in [6.45, 7) is 6.18. The van der Waals surface area contributed by atoms with Crippen LogP contribution in [0, 0.1) is 6.92 Å². The molecular weight excluding hydrogens is 290 g/mol. The van der Waals surface area contributed by atoms with Crippen molar-refractivity contribution in [3.63, 3.8) is 0 Å². The Kier molecular flexibility index (Phi) is 2.88. The number of carbonyl (C=O) groups is 1. The number of hydrogen-bond donors (Lipinski definition) is 0. The van der Waals surface area contributed by atoms with Gasteiger partial charge in [-0.05, 0) is 31.1 Å². The van der Waals surface area contributed by atoms with Crippen LogP contribution in [0.3, 0.4) is 0 Å². The van der Waals surface area contributed by atoms with Gasteiger partial charge in [-0.3, -0.25) is 9.59 Å². The van der Waals surface area contributed by atoms with Crippen molar-refractivity contribution < 1.29 is 9.21 Å². The standard InChI is InChI=1S/C19H15NO3/c1-3-16(21)14-10-20-7-6-13-12-5-4-11(2)8-18(12)23-19(13)15(20)9-17(14)22/h3-5,8-10H,1,6-7H2,2H3. The van der Waals surface area contributed by atoms with Crippen LogP contribution in [0.1, 0.15) is 21.5 Å². The van der Waals surface area contributed by atoms with Gasteiger partial charge in [-0.25, -0.2) is 0 Å². The van der Waals surface area contributed by atoms with Crippen molar-refractivity contribution in [1.82, 2.24) is 4.57 Å². The Morgan fingerprint density at radius 1 is 1.35 bits per heavy atom. The van der Waals surface area contributed by atoms with Crippen LogP contribution in [0.4, 0.5) is 0 Å². The summed E-state index contributed by atoms with van der Waals surface area (Å²) in [4.78, 5) is 24.0. The van der Waals surface area contributed by atoms with Crippen molar-refractivity contribution in [1.29, 1.82) is 0 Å². The zero-order valence-corrected chi connectivity index (χ0v) is 12.8. The third-order valence-corrected chi connectivity index (χ3v) is 4.36. The quantitative estimate of drug-likeness (QED) is 0.538. The molecule has 0 fully saturated rings. The maximum Gasteiger partial charge on any atom is 0.193 e. The minimum absolute atomic E-state index is 0.152. The van der Waals surface area contributed by atoms with Gasteiger partial charge >= 0.3 is 0 Å². The number of fused-ring (bicyclic) bond motifs is 5. The Balaban J connectivity index is 1.98. The smallest absolute Gasteiger partial charge is 0.193 e. The monoisotopic (exact) mass is 305 g/mol. The zero-order chi connectivity index (χ0) is 16.1. The molecule has 0 radical (unpaired) electrons. The summed E-state index contributed by atoms with van der Waals surface area (Å²) in [5.74, 6) is 0.378. The lowest BCUT2D eigenvalue weighted by molar-refractivity contribution is 0.104. The topological polar surface area (TPSA) is 52.2 Å². The fourth-order valence-corrected chi connectivity index (χ4v) is 3.19. The second-order valence-corrected chi connectivity index (χ2v) is 5.86. The first-order valence-corrected chi connectivity index (χ1v) is 7.52. The van der Waals surface area contributed by atoms with Crippen molar-refractivity contribution >= 4 is 16.8 Å². The number of hydrogen-bond acceptors (Lipinski definition) is 3. The van der Waals surface area contributed by atoms with Gasteiger partial charge in [0.2, 0.25) is 0 Å². The van der Waals surface area contributed by atoms with Crippen LogP contribution < -0.4 is 5.43 Å². The molecule has 0 saturated carbocycles. The first-order chi connectivity index (χ1) is 11.1. The lowest BCUT2D eigenvalue weighted by atomic mass is 10.0. The van der Waals surface area contributed by atoms with Gasteiger partial charge in [0.25, 0.3) is 0 Å². The van der Waals surface area contributed by atoms with E-state index < -0.39 is 0 Å². The number of aryl methyl sites for hydroxylation is 3. The summed E-state index contributed by atoms with van der Waals surface area (Å²) in [6.07, 6.45) is 3.59. The van der Waals surface area contributed by atoms with E-state index in [0.717, 1.165) is 40.0 Å². The number of allylic oxidation sites excluding steroid dienone is 1. The molecule has 0 aliphatic carbocycles. The molecule has 0 N–H and O–H groups in total. The van der Waals surface area contributed by atoms with Crippen LogP contribution in [0.15, 0.2) is 52.3 Å². The van der Waals surface area contributed by atoms with E-state index in [-0.39, 0.29) is 16.8 Å². The molecule has 2 aromatic heterocycles. The molecule has 4 nitrogen and oxygen atoms in total. The first-order valence-electron chi connectivity index (χ1n) is 7.52. The minimum Gasteiger partial charge on any atom is -0.454 e. The van der Waals surface area contributed by atoms with Crippen molar-refractivity contribution in [2.45, 2.75) is 19.9 Å². The Morgan fingerprint density at radius 2 is 2.17 bits per heavy atom. The normalized spacial score (nSPS) is 12.7. The number of ketones is 1. The number of furan rings is 1. The van der Waals surface area contributed by atoms with Crippen LogP contribution in [0.25, 0.3) is 22.4 Å². The molecule has 114 valence electrons.